The molecule has 1 amide bonds. The average molecular weight is 532 g/mol. The Morgan fingerprint density at radius 3 is 2.41 bits per heavy atom. The number of nitrogens with one attached hydrogen (secondary N) is 1. The summed E-state index contributed by atoms with van der Waals surface area (Å²) in [6, 6.07) is 2.69. The number of pyridine rings is 1. The van der Waals surface area contributed by atoms with Gasteiger partial charge >= 0.3 is 6.09 Å². The molecular weight excluding hydrogens is 510 g/mol. The van der Waals surface area contributed by atoms with Crippen molar-refractivity contribution >= 4 is 38.0 Å². The number of carbonyl (C=O) groups excluding carboxylic acids is 1. The van der Waals surface area contributed by atoms with Crippen LogP contribution in [-0.4, -0.2) is 16.7 Å². The highest BCUT2D eigenvalue weighted by Crippen LogP contribution is 2.38. The molecule has 1 aliphatic rings. The lowest BCUT2D eigenvalue weighted by Gasteiger charge is -2.25. The van der Waals surface area contributed by atoms with Gasteiger partial charge in [0.1, 0.15) is 21.8 Å². The summed E-state index contributed by atoms with van der Waals surface area (Å²) in [7, 11) is 0. The second-order valence-corrected chi connectivity index (χ2v) is 9.64. The molecule has 0 spiro atoms. The maximum absolute atomic E-state index is 13.7. The zero-order valence-corrected chi connectivity index (χ0v) is 19.6. The SMILES string of the molecule is CC(C)(C)OC(=O)N[C@@H](Cc1cc(F)cc(F)c1)c1nc(Br)c2c(c1Br)CCC2. The van der Waals surface area contributed by atoms with Gasteiger partial charge in [0, 0.05) is 10.5 Å². The van der Waals surface area contributed by atoms with Crippen molar-refractivity contribution in [1.82, 2.24) is 10.3 Å². The van der Waals surface area contributed by atoms with Gasteiger partial charge in [0.25, 0.3) is 0 Å². The fourth-order valence-electron chi connectivity index (χ4n) is 3.45. The summed E-state index contributed by atoms with van der Waals surface area (Å²) >= 11 is 7.17. The van der Waals surface area contributed by atoms with E-state index in [1.165, 1.54) is 12.1 Å². The number of nitrogens with zero attached hydrogens (tertiary/aromatic N) is 1. The number of benzene rings is 1. The summed E-state index contributed by atoms with van der Waals surface area (Å²) in [5.74, 6) is -1.34. The molecule has 29 heavy (non-hydrogen) atoms. The van der Waals surface area contributed by atoms with E-state index < -0.39 is 29.4 Å². The lowest BCUT2D eigenvalue weighted by Crippen LogP contribution is -2.36. The van der Waals surface area contributed by atoms with Crippen LogP contribution < -0.4 is 5.32 Å². The Balaban J connectivity index is 1.99. The molecule has 1 N–H and O–H groups in total. The van der Waals surface area contributed by atoms with Crippen molar-refractivity contribution in [3.8, 4) is 0 Å². The third kappa shape index (κ3) is 5.54. The minimum absolute atomic E-state index is 0.157. The van der Waals surface area contributed by atoms with E-state index >= 15 is 0 Å². The Morgan fingerprint density at radius 2 is 1.79 bits per heavy atom. The highest BCUT2D eigenvalue weighted by molar-refractivity contribution is 9.11. The van der Waals surface area contributed by atoms with E-state index in [9.17, 15) is 13.6 Å². The van der Waals surface area contributed by atoms with Gasteiger partial charge < -0.3 is 10.1 Å². The van der Waals surface area contributed by atoms with Gasteiger partial charge in [-0.1, -0.05) is 0 Å². The molecule has 2 aromatic rings. The van der Waals surface area contributed by atoms with Crippen LogP contribution in [-0.2, 0) is 24.0 Å². The monoisotopic (exact) mass is 530 g/mol. The fraction of sp³-hybridized carbons (Fsp3) is 0.429. The smallest absolute Gasteiger partial charge is 0.408 e. The molecule has 4 nitrogen and oxygen atoms in total. The second-order valence-electron chi connectivity index (χ2n) is 8.09. The third-order valence-corrected chi connectivity index (χ3v) is 6.10. The zero-order chi connectivity index (χ0) is 21.3. The molecule has 0 aliphatic heterocycles. The van der Waals surface area contributed by atoms with Crippen LogP contribution in [0.25, 0.3) is 0 Å². The number of hydrogen-bond donors (Lipinski definition) is 1. The van der Waals surface area contributed by atoms with Gasteiger partial charge in [0.2, 0.25) is 0 Å². The lowest BCUT2D eigenvalue weighted by molar-refractivity contribution is 0.0502. The summed E-state index contributed by atoms with van der Waals surface area (Å²) < 4.78 is 34.3. The number of hydrogen-bond acceptors (Lipinski definition) is 3. The molecule has 0 saturated carbocycles. The summed E-state index contributed by atoms with van der Waals surface area (Å²) in [5.41, 5.74) is 2.61. The standard InChI is InChI=1S/C21H22Br2F2N2O2/c1-21(2,3)29-20(28)26-16(9-11-7-12(24)10-13(25)8-11)18-17(22)14-5-4-6-15(14)19(23)27-18/h7-8,10,16H,4-6,9H2,1-3H3,(H,26,28)/t16-/m0/s1. The van der Waals surface area contributed by atoms with Crippen LogP contribution in [0.3, 0.4) is 0 Å². The molecule has 1 aliphatic carbocycles. The number of carbonyl (C=O) groups is 1. The Morgan fingerprint density at radius 1 is 1.17 bits per heavy atom. The first-order valence-electron chi connectivity index (χ1n) is 9.34. The molecule has 3 rings (SSSR count). The highest BCUT2D eigenvalue weighted by atomic mass is 79.9. The number of ether oxygens (including phenoxy) is 1. The number of amides is 1. The number of fused-ring (bicyclic) bond motifs is 1. The van der Waals surface area contributed by atoms with Crippen LogP contribution >= 0.6 is 31.9 Å². The van der Waals surface area contributed by atoms with Crippen molar-refractivity contribution in [2.24, 2.45) is 0 Å². The molecule has 1 aromatic heterocycles. The molecule has 1 heterocycles. The summed E-state index contributed by atoms with van der Waals surface area (Å²) in [6.07, 6.45) is 2.39. The van der Waals surface area contributed by atoms with Gasteiger partial charge in [-0.3, -0.25) is 0 Å². The molecule has 1 aromatic carbocycles. The van der Waals surface area contributed by atoms with E-state index in [-0.39, 0.29) is 6.42 Å². The second kappa shape index (κ2) is 8.68. The van der Waals surface area contributed by atoms with Crippen LogP contribution in [0.1, 0.15) is 55.6 Å². The minimum atomic E-state index is -0.678. The molecular formula is C21H22Br2F2N2O2. The Bertz CT molecular complexity index is 925. The van der Waals surface area contributed by atoms with Crippen molar-refractivity contribution < 1.29 is 18.3 Å². The van der Waals surface area contributed by atoms with E-state index in [2.05, 4.69) is 42.2 Å². The summed E-state index contributed by atoms with van der Waals surface area (Å²) in [5, 5.41) is 2.82. The number of rotatable bonds is 4. The highest BCUT2D eigenvalue weighted by Gasteiger charge is 2.28. The Hall–Kier alpha value is -1.54. The first kappa shape index (κ1) is 22.2. The van der Waals surface area contributed by atoms with Gasteiger partial charge in [0.15, 0.2) is 0 Å². The zero-order valence-electron chi connectivity index (χ0n) is 16.4. The molecule has 0 saturated heterocycles. The van der Waals surface area contributed by atoms with Gasteiger partial charge in [-0.2, -0.15) is 0 Å². The lowest BCUT2D eigenvalue weighted by atomic mass is 10.0. The first-order chi connectivity index (χ1) is 13.5. The molecule has 8 heteroatoms. The third-order valence-electron chi connectivity index (χ3n) is 4.56. The number of halogens is 4. The van der Waals surface area contributed by atoms with Crippen molar-refractivity contribution in [1.29, 1.82) is 0 Å². The maximum atomic E-state index is 13.7. The number of aromatic nitrogens is 1. The van der Waals surface area contributed by atoms with Crippen molar-refractivity contribution in [2.75, 3.05) is 0 Å². The van der Waals surface area contributed by atoms with Crippen LogP contribution in [0, 0.1) is 11.6 Å². The molecule has 156 valence electrons. The summed E-state index contributed by atoms with van der Waals surface area (Å²) in [4.78, 5) is 17.1. The van der Waals surface area contributed by atoms with E-state index in [1.807, 2.05) is 0 Å². The predicted octanol–water partition coefficient (Wildman–Crippen LogP) is 6.18. The van der Waals surface area contributed by atoms with Crippen LogP contribution in [0.4, 0.5) is 13.6 Å². The predicted molar refractivity (Wildman–Crippen MR) is 114 cm³/mol. The fourth-order valence-corrected chi connectivity index (χ4v) is 4.88. The molecule has 0 fully saturated rings. The number of alkyl carbamates (subject to hydrolysis) is 1. The summed E-state index contributed by atoms with van der Waals surface area (Å²) in [6.45, 7) is 5.30. The van der Waals surface area contributed by atoms with E-state index in [4.69, 9.17) is 4.74 Å². The van der Waals surface area contributed by atoms with Crippen LogP contribution in [0.15, 0.2) is 27.3 Å². The van der Waals surface area contributed by atoms with Crippen molar-refractivity contribution in [3.05, 3.63) is 61.3 Å². The maximum Gasteiger partial charge on any atom is 0.408 e. The van der Waals surface area contributed by atoms with Gasteiger partial charge in [-0.15, -0.1) is 0 Å². The van der Waals surface area contributed by atoms with Gasteiger partial charge in [-0.05, 0) is 107 Å². The topological polar surface area (TPSA) is 51.2 Å². The molecule has 0 radical (unpaired) electrons. The minimum Gasteiger partial charge on any atom is -0.444 e. The Kier molecular flexibility index (Phi) is 6.63. The first-order valence-corrected chi connectivity index (χ1v) is 10.9. The Labute approximate surface area is 185 Å². The van der Waals surface area contributed by atoms with Crippen LogP contribution in [0.2, 0.25) is 0 Å². The largest absolute Gasteiger partial charge is 0.444 e. The van der Waals surface area contributed by atoms with E-state index in [0.29, 0.717) is 11.3 Å². The van der Waals surface area contributed by atoms with E-state index in [0.717, 1.165) is 45.5 Å². The molecule has 0 unspecified atom stereocenters. The van der Waals surface area contributed by atoms with Crippen molar-refractivity contribution in [2.45, 2.75) is 58.1 Å². The van der Waals surface area contributed by atoms with E-state index in [1.54, 1.807) is 20.8 Å². The normalized spacial score (nSPS) is 14.4. The van der Waals surface area contributed by atoms with Crippen LogP contribution in [0.5, 0.6) is 0 Å². The molecule has 1 atom stereocenters. The molecule has 0 bridgehead atoms. The average Bonchev–Trinajstić information content (AvgIpc) is 3.05. The van der Waals surface area contributed by atoms with Gasteiger partial charge in [-0.25, -0.2) is 18.6 Å². The quantitative estimate of drug-likeness (QED) is 0.479. The van der Waals surface area contributed by atoms with Crippen molar-refractivity contribution in [3.63, 3.8) is 0 Å². The van der Waals surface area contributed by atoms with Gasteiger partial charge in [0.05, 0.1) is 11.7 Å².